The molecule has 1 aliphatic heterocycles. The van der Waals surface area contributed by atoms with Gasteiger partial charge in [-0.25, -0.2) is 14.4 Å². The second-order valence-electron chi connectivity index (χ2n) is 8.71. The van der Waals surface area contributed by atoms with Crippen LogP contribution in [0, 0.1) is 26.2 Å². The van der Waals surface area contributed by atoms with E-state index >= 15 is 0 Å². The number of aryl methyl sites for hydroxylation is 2. The molecule has 2 N–H and O–H groups in total. The minimum atomic E-state index is -1.70. The van der Waals surface area contributed by atoms with Crippen LogP contribution in [0.2, 0.25) is 5.02 Å². The van der Waals surface area contributed by atoms with Crippen LogP contribution in [0.3, 0.4) is 0 Å². The molecule has 0 radical (unpaired) electrons. The standard InChI is InChI=1S/C27H24ClN3O6/c1-4-27(15-35-24(32)18-9-5-16(2)6-10-18)21(36-25(33)19-11-7-17(3)8-12-19)13-22(37-27)31-14-20(28)23(29)30-26(31)34/h1,5-12,14,21-22H,13,15H2,2-3H3,(H2,29,30,34)/t21-,22?,27+/m0/s1. The van der Waals surface area contributed by atoms with E-state index < -0.39 is 42.2 Å². The number of rotatable bonds is 6. The van der Waals surface area contributed by atoms with Crippen LogP contribution in [0.5, 0.6) is 0 Å². The fourth-order valence-electron chi connectivity index (χ4n) is 3.85. The molecule has 0 spiro atoms. The first-order valence-electron chi connectivity index (χ1n) is 11.3. The van der Waals surface area contributed by atoms with E-state index in [2.05, 4.69) is 10.9 Å². The molecule has 2 aromatic carbocycles. The van der Waals surface area contributed by atoms with Crippen molar-refractivity contribution in [3.8, 4) is 12.3 Å². The van der Waals surface area contributed by atoms with E-state index in [0.29, 0.717) is 11.1 Å². The SMILES string of the molecule is C#C[C@]1(COC(=O)c2ccc(C)cc2)OC(n2cc(Cl)c(N)nc2=O)C[C@@H]1OC(=O)c1ccc(C)cc1. The minimum absolute atomic E-state index is 0.0282. The Morgan fingerprint density at radius 3 is 2.27 bits per heavy atom. The van der Waals surface area contributed by atoms with Gasteiger partial charge in [0.25, 0.3) is 0 Å². The summed E-state index contributed by atoms with van der Waals surface area (Å²) >= 11 is 6.07. The molecule has 0 amide bonds. The van der Waals surface area contributed by atoms with Gasteiger partial charge in [0.2, 0.25) is 5.60 Å². The zero-order valence-corrected chi connectivity index (χ0v) is 20.9. The molecule has 1 aliphatic rings. The molecule has 190 valence electrons. The maximum Gasteiger partial charge on any atom is 0.351 e. The number of benzene rings is 2. The van der Waals surface area contributed by atoms with E-state index in [1.807, 2.05) is 13.8 Å². The Hall–Kier alpha value is -4.13. The lowest BCUT2D eigenvalue weighted by atomic mass is 9.98. The molecule has 0 bridgehead atoms. The predicted octanol–water partition coefficient (Wildman–Crippen LogP) is 3.47. The highest BCUT2D eigenvalue weighted by molar-refractivity contribution is 6.32. The van der Waals surface area contributed by atoms with Crippen LogP contribution in [0.1, 0.15) is 44.5 Å². The van der Waals surface area contributed by atoms with Gasteiger partial charge in [-0.3, -0.25) is 4.57 Å². The van der Waals surface area contributed by atoms with Gasteiger partial charge >= 0.3 is 17.6 Å². The molecular formula is C27H24ClN3O6. The average molecular weight is 522 g/mol. The fraction of sp³-hybridized carbons (Fsp3) is 0.259. The minimum Gasteiger partial charge on any atom is -0.458 e. The molecule has 0 saturated carbocycles. The Balaban J connectivity index is 1.63. The van der Waals surface area contributed by atoms with Gasteiger partial charge < -0.3 is 19.9 Å². The first-order valence-corrected chi connectivity index (χ1v) is 11.7. The number of esters is 2. The number of carbonyl (C=O) groups excluding carboxylic acids is 2. The zero-order valence-electron chi connectivity index (χ0n) is 20.1. The van der Waals surface area contributed by atoms with Crippen molar-refractivity contribution in [1.29, 1.82) is 0 Å². The normalized spacial score (nSPS) is 20.7. The Morgan fingerprint density at radius 2 is 1.70 bits per heavy atom. The summed E-state index contributed by atoms with van der Waals surface area (Å²) in [7, 11) is 0. The number of hydrogen-bond acceptors (Lipinski definition) is 8. The fourth-order valence-corrected chi connectivity index (χ4v) is 3.99. The van der Waals surface area contributed by atoms with E-state index in [1.165, 1.54) is 6.20 Å². The Kier molecular flexibility index (Phi) is 7.34. The molecule has 10 heteroatoms. The van der Waals surface area contributed by atoms with Gasteiger partial charge in [0.05, 0.1) is 16.1 Å². The maximum absolute atomic E-state index is 12.9. The van der Waals surface area contributed by atoms with E-state index in [1.54, 1.807) is 48.5 Å². The lowest BCUT2D eigenvalue weighted by molar-refractivity contribution is -0.0984. The molecule has 1 fully saturated rings. The Bertz CT molecular complexity index is 1430. The van der Waals surface area contributed by atoms with Crippen molar-refractivity contribution in [2.24, 2.45) is 0 Å². The van der Waals surface area contributed by atoms with Gasteiger partial charge in [-0.05, 0) is 38.1 Å². The number of nitrogens with two attached hydrogens (primary N) is 1. The van der Waals surface area contributed by atoms with Gasteiger partial charge in [-0.1, -0.05) is 52.9 Å². The first kappa shape index (κ1) is 25.9. The van der Waals surface area contributed by atoms with Crippen LogP contribution in [0.4, 0.5) is 5.82 Å². The van der Waals surface area contributed by atoms with Crippen LogP contribution < -0.4 is 11.4 Å². The number of nitrogens with zero attached hydrogens (tertiary/aromatic N) is 2. The molecule has 2 heterocycles. The second kappa shape index (κ2) is 10.5. The van der Waals surface area contributed by atoms with Gasteiger partial charge in [-0.15, -0.1) is 6.42 Å². The second-order valence-corrected chi connectivity index (χ2v) is 9.12. The predicted molar refractivity (Wildman–Crippen MR) is 136 cm³/mol. The van der Waals surface area contributed by atoms with Crippen molar-refractivity contribution in [2.45, 2.75) is 38.2 Å². The maximum atomic E-state index is 12.9. The third-order valence-electron chi connectivity index (χ3n) is 6.01. The lowest BCUT2D eigenvalue weighted by Gasteiger charge is -2.28. The monoisotopic (exact) mass is 521 g/mol. The molecule has 0 aliphatic carbocycles. The summed E-state index contributed by atoms with van der Waals surface area (Å²) < 4.78 is 18.4. The van der Waals surface area contributed by atoms with Gasteiger partial charge in [-0.2, -0.15) is 4.98 Å². The third-order valence-corrected chi connectivity index (χ3v) is 6.30. The number of halogens is 1. The Labute approximate surface area is 218 Å². The summed E-state index contributed by atoms with van der Waals surface area (Å²) in [6, 6.07) is 13.6. The van der Waals surface area contributed by atoms with Crippen molar-refractivity contribution in [3.05, 3.63) is 92.5 Å². The number of nitrogen functional groups attached to an aromatic ring is 1. The highest BCUT2D eigenvalue weighted by Gasteiger charge is 2.52. The van der Waals surface area contributed by atoms with Crippen molar-refractivity contribution >= 4 is 29.4 Å². The van der Waals surface area contributed by atoms with Crippen LogP contribution in [0.15, 0.2) is 59.5 Å². The van der Waals surface area contributed by atoms with Gasteiger partial charge in [0.1, 0.15) is 18.7 Å². The summed E-state index contributed by atoms with van der Waals surface area (Å²) in [6.07, 6.45) is 4.99. The quantitative estimate of drug-likeness (QED) is 0.386. The van der Waals surface area contributed by atoms with Crippen LogP contribution in [-0.2, 0) is 14.2 Å². The molecule has 37 heavy (non-hydrogen) atoms. The summed E-state index contributed by atoms with van der Waals surface area (Å²) in [5.74, 6) is 1.05. The molecule has 3 atom stereocenters. The number of anilines is 1. The highest BCUT2D eigenvalue weighted by atomic mass is 35.5. The number of aromatic nitrogens is 2. The number of hydrogen-bond donors (Lipinski definition) is 1. The lowest BCUT2D eigenvalue weighted by Crippen LogP contribution is -2.45. The van der Waals surface area contributed by atoms with Crippen LogP contribution in [0.25, 0.3) is 0 Å². The Morgan fingerprint density at radius 1 is 1.14 bits per heavy atom. The van der Waals surface area contributed by atoms with Gasteiger partial charge in [0, 0.05) is 12.6 Å². The van der Waals surface area contributed by atoms with Crippen molar-refractivity contribution in [1.82, 2.24) is 9.55 Å². The summed E-state index contributed by atoms with van der Waals surface area (Å²) in [5.41, 5.74) is 5.74. The van der Waals surface area contributed by atoms with Crippen molar-refractivity contribution in [3.63, 3.8) is 0 Å². The molecule has 9 nitrogen and oxygen atoms in total. The molecule has 4 rings (SSSR count). The molecular weight excluding hydrogens is 498 g/mol. The molecule has 3 aromatic rings. The molecule has 1 aromatic heterocycles. The number of carbonyl (C=O) groups is 2. The van der Waals surface area contributed by atoms with E-state index in [9.17, 15) is 14.4 Å². The summed E-state index contributed by atoms with van der Waals surface area (Å²) in [6.45, 7) is 3.34. The molecule has 1 unspecified atom stereocenters. The zero-order chi connectivity index (χ0) is 26.7. The van der Waals surface area contributed by atoms with E-state index in [0.717, 1.165) is 15.7 Å². The molecule has 1 saturated heterocycles. The van der Waals surface area contributed by atoms with Crippen molar-refractivity contribution < 1.29 is 23.8 Å². The topological polar surface area (TPSA) is 123 Å². The summed E-state index contributed by atoms with van der Waals surface area (Å²) in [5, 5.41) is 0.0282. The summed E-state index contributed by atoms with van der Waals surface area (Å²) in [4.78, 5) is 41.8. The van der Waals surface area contributed by atoms with Crippen LogP contribution >= 0.6 is 11.6 Å². The van der Waals surface area contributed by atoms with E-state index in [-0.39, 0.29) is 17.3 Å². The highest BCUT2D eigenvalue weighted by Crippen LogP contribution is 2.39. The largest absolute Gasteiger partial charge is 0.458 e. The smallest absolute Gasteiger partial charge is 0.351 e. The van der Waals surface area contributed by atoms with E-state index in [4.69, 9.17) is 38.0 Å². The van der Waals surface area contributed by atoms with Crippen LogP contribution in [-0.4, -0.2) is 39.8 Å². The number of terminal acetylenes is 1. The first-order chi connectivity index (χ1) is 17.6. The third kappa shape index (κ3) is 5.50. The van der Waals surface area contributed by atoms with Gasteiger partial charge in [0.15, 0.2) is 6.10 Å². The van der Waals surface area contributed by atoms with Crippen molar-refractivity contribution in [2.75, 3.05) is 12.3 Å². The number of ether oxygens (including phenoxy) is 3. The average Bonchev–Trinajstić information content (AvgIpc) is 3.23.